The summed E-state index contributed by atoms with van der Waals surface area (Å²) in [5, 5.41) is 5.30. The van der Waals surface area contributed by atoms with E-state index in [1.54, 1.807) is 0 Å². The highest BCUT2D eigenvalue weighted by Gasteiger charge is 2.61. The standard InChI is InChI=1S/C26H28N4O4/c1-17(31)27-20-11-12-21-19(14-20)15-26(22-10-6-3-7-13-29(21)22)23(32)28-25(34)30(24(26)33)16-18-8-4-2-5-9-18/h2,4-5,8-9,11-12,14,22H,3,6-7,10,13,15-16H2,1H3,(H,27,31)(H,28,32,34)/t22-,26+/m1/s1. The zero-order valence-corrected chi connectivity index (χ0v) is 19.2. The Labute approximate surface area is 198 Å². The Balaban J connectivity index is 1.60. The number of fused-ring (bicyclic) bond motifs is 4. The van der Waals surface area contributed by atoms with E-state index in [4.69, 9.17) is 0 Å². The molecule has 0 radical (unpaired) electrons. The molecule has 176 valence electrons. The van der Waals surface area contributed by atoms with Crippen molar-refractivity contribution in [2.45, 2.75) is 51.6 Å². The first-order chi connectivity index (χ1) is 16.4. The maximum atomic E-state index is 14.1. The number of amides is 5. The number of imide groups is 2. The van der Waals surface area contributed by atoms with Crippen LogP contribution in [0.5, 0.6) is 0 Å². The normalized spacial score (nSPS) is 24.3. The van der Waals surface area contributed by atoms with Gasteiger partial charge in [-0.05, 0) is 48.6 Å². The number of urea groups is 1. The maximum absolute atomic E-state index is 14.1. The van der Waals surface area contributed by atoms with Crippen LogP contribution in [0.25, 0.3) is 0 Å². The number of anilines is 2. The van der Waals surface area contributed by atoms with Gasteiger partial charge in [-0.15, -0.1) is 0 Å². The third-order valence-electron chi connectivity index (χ3n) is 7.18. The van der Waals surface area contributed by atoms with Gasteiger partial charge in [-0.3, -0.25) is 24.6 Å². The second-order valence-corrected chi connectivity index (χ2v) is 9.37. The monoisotopic (exact) mass is 460 g/mol. The molecule has 2 fully saturated rings. The first kappa shape index (κ1) is 22.1. The number of nitrogens with zero attached hydrogens (tertiary/aromatic N) is 2. The largest absolute Gasteiger partial charge is 0.367 e. The summed E-state index contributed by atoms with van der Waals surface area (Å²) in [5.41, 5.74) is 1.84. The second-order valence-electron chi connectivity index (χ2n) is 9.37. The molecule has 0 unspecified atom stereocenters. The van der Waals surface area contributed by atoms with Gasteiger partial charge in [-0.25, -0.2) is 4.79 Å². The molecule has 2 N–H and O–H groups in total. The Hall–Kier alpha value is -3.68. The topological polar surface area (TPSA) is 98.8 Å². The lowest BCUT2D eigenvalue weighted by molar-refractivity contribution is -0.154. The van der Waals surface area contributed by atoms with E-state index in [0.717, 1.165) is 42.6 Å². The van der Waals surface area contributed by atoms with Crippen molar-refractivity contribution in [1.82, 2.24) is 10.2 Å². The van der Waals surface area contributed by atoms with Crippen molar-refractivity contribution in [2.24, 2.45) is 5.41 Å². The zero-order chi connectivity index (χ0) is 23.9. The molecule has 2 aromatic rings. The second kappa shape index (κ2) is 8.59. The molecule has 1 spiro atoms. The lowest BCUT2D eigenvalue weighted by Crippen LogP contribution is -2.71. The van der Waals surface area contributed by atoms with Crippen molar-refractivity contribution in [3.8, 4) is 0 Å². The third-order valence-corrected chi connectivity index (χ3v) is 7.18. The fourth-order valence-electron chi connectivity index (χ4n) is 5.68. The number of carbonyl (C=O) groups is 4. The molecule has 3 aliphatic rings. The number of nitrogens with one attached hydrogen (secondary N) is 2. The van der Waals surface area contributed by atoms with Gasteiger partial charge in [0.2, 0.25) is 17.7 Å². The van der Waals surface area contributed by atoms with E-state index in [1.165, 1.54) is 11.8 Å². The van der Waals surface area contributed by atoms with Gasteiger partial charge in [0.1, 0.15) is 0 Å². The lowest BCUT2D eigenvalue weighted by Gasteiger charge is -2.51. The molecule has 3 heterocycles. The van der Waals surface area contributed by atoms with E-state index >= 15 is 0 Å². The number of hydrogen-bond donors (Lipinski definition) is 2. The zero-order valence-electron chi connectivity index (χ0n) is 19.2. The van der Waals surface area contributed by atoms with E-state index in [0.29, 0.717) is 12.1 Å². The van der Waals surface area contributed by atoms with Gasteiger partial charge in [0, 0.05) is 24.8 Å². The van der Waals surface area contributed by atoms with Gasteiger partial charge in [-0.1, -0.05) is 43.2 Å². The highest BCUT2D eigenvalue weighted by atomic mass is 16.2. The Bertz CT molecular complexity index is 1160. The molecule has 3 aliphatic heterocycles. The molecule has 8 heteroatoms. The van der Waals surface area contributed by atoms with Gasteiger partial charge in [-0.2, -0.15) is 0 Å². The lowest BCUT2D eigenvalue weighted by atomic mass is 9.67. The highest BCUT2D eigenvalue weighted by molar-refractivity contribution is 6.20. The van der Waals surface area contributed by atoms with E-state index in [2.05, 4.69) is 15.5 Å². The molecular formula is C26H28N4O4. The first-order valence-corrected chi connectivity index (χ1v) is 11.8. The summed E-state index contributed by atoms with van der Waals surface area (Å²) in [6.45, 7) is 2.27. The van der Waals surface area contributed by atoms with E-state index in [-0.39, 0.29) is 24.9 Å². The molecular weight excluding hydrogens is 432 g/mol. The molecule has 0 aliphatic carbocycles. The molecule has 5 rings (SSSR count). The number of carbonyl (C=O) groups excluding carboxylic acids is 4. The van der Waals surface area contributed by atoms with E-state index in [9.17, 15) is 19.2 Å². The van der Waals surface area contributed by atoms with Crippen molar-refractivity contribution < 1.29 is 19.2 Å². The van der Waals surface area contributed by atoms with Crippen LogP contribution in [0.1, 0.15) is 43.7 Å². The molecule has 2 aromatic carbocycles. The Morgan fingerprint density at radius 2 is 1.88 bits per heavy atom. The van der Waals surface area contributed by atoms with Crippen LogP contribution in [0, 0.1) is 5.41 Å². The Morgan fingerprint density at radius 1 is 1.09 bits per heavy atom. The predicted molar refractivity (Wildman–Crippen MR) is 127 cm³/mol. The van der Waals surface area contributed by atoms with Crippen molar-refractivity contribution in [2.75, 3.05) is 16.8 Å². The SMILES string of the molecule is CC(=O)Nc1ccc2c(c1)C[C@@]1(C(=O)NC(=O)N(Cc3ccccc3)C1=O)[C@H]1CCCCCN21. The van der Waals surface area contributed by atoms with Crippen LogP contribution in [0.2, 0.25) is 0 Å². The molecule has 5 amide bonds. The summed E-state index contributed by atoms with van der Waals surface area (Å²) in [7, 11) is 0. The van der Waals surface area contributed by atoms with Gasteiger partial charge in [0.25, 0.3) is 0 Å². The Kier molecular flexibility index (Phi) is 5.59. The summed E-state index contributed by atoms with van der Waals surface area (Å²) >= 11 is 0. The summed E-state index contributed by atoms with van der Waals surface area (Å²) in [5.74, 6) is -1.17. The molecule has 0 bridgehead atoms. The predicted octanol–water partition coefficient (Wildman–Crippen LogP) is 3.22. The van der Waals surface area contributed by atoms with E-state index < -0.39 is 23.3 Å². The van der Waals surface area contributed by atoms with Crippen LogP contribution in [-0.4, -0.2) is 41.2 Å². The van der Waals surface area contributed by atoms with Gasteiger partial charge < -0.3 is 10.2 Å². The minimum Gasteiger partial charge on any atom is -0.367 e. The first-order valence-electron chi connectivity index (χ1n) is 11.8. The van der Waals surface area contributed by atoms with Crippen molar-refractivity contribution in [3.05, 3.63) is 59.7 Å². The summed E-state index contributed by atoms with van der Waals surface area (Å²) in [6.07, 6.45) is 3.77. The quantitative estimate of drug-likeness (QED) is 0.686. The van der Waals surface area contributed by atoms with Crippen molar-refractivity contribution in [3.63, 3.8) is 0 Å². The number of barbiturate groups is 1. The van der Waals surface area contributed by atoms with Crippen LogP contribution < -0.4 is 15.5 Å². The number of hydrogen-bond acceptors (Lipinski definition) is 5. The molecule has 0 aromatic heterocycles. The summed E-state index contributed by atoms with van der Waals surface area (Å²) in [4.78, 5) is 55.5. The van der Waals surface area contributed by atoms with Crippen molar-refractivity contribution in [1.29, 1.82) is 0 Å². The number of benzene rings is 2. The van der Waals surface area contributed by atoms with Crippen LogP contribution >= 0.6 is 0 Å². The highest BCUT2D eigenvalue weighted by Crippen LogP contribution is 2.47. The molecule has 8 nitrogen and oxygen atoms in total. The fourth-order valence-corrected chi connectivity index (χ4v) is 5.68. The molecule has 2 atom stereocenters. The smallest absolute Gasteiger partial charge is 0.331 e. The number of rotatable bonds is 3. The molecule has 0 saturated carbocycles. The van der Waals surface area contributed by atoms with Crippen LogP contribution in [0.3, 0.4) is 0 Å². The van der Waals surface area contributed by atoms with Crippen LogP contribution in [-0.2, 0) is 27.3 Å². The fraction of sp³-hybridized carbons (Fsp3) is 0.385. The summed E-state index contributed by atoms with van der Waals surface area (Å²) < 4.78 is 0. The third kappa shape index (κ3) is 3.63. The van der Waals surface area contributed by atoms with Gasteiger partial charge >= 0.3 is 6.03 Å². The minimum absolute atomic E-state index is 0.103. The van der Waals surface area contributed by atoms with E-state index in [1.807, 2.05) is 48.5 Å². The van der Waals surface area contributed by atoms with Crippen LogP contribution in [0.15, 0.2) is 48.5 Å². The average molecular weight is 461 g/mol. The Morgan fingerprint density at radius 3 is 2.65 bits per heavy atom. The van der Waals surface area contributed by atoms with Crippen molar-refractivity contribution >= 4 is 35.1 Å². The van der Waals surface area contributed by atoms with Crippen LogP contribution in [0.4, 0.5) is 16.2 Å². The molecule has 34 heavy (non-hydrogen) atoms. The average Bonchev–Trinajstić information content (AvgIpc) is 3.07. The van der Waals surface area contributed by atoms with Gasteiger partial charge in [0.05, 0.1) is 12.6 Å². The van der Waals surface area contributed by atoms with Gasteiger partial charge in [0.15, 0.2) is 5.41 Å². The molecule has 2 saturated heterocycles. The maximum Gasteiger partial charge on any atom is 0.331 e. The minimum atomic E-state index is -1.41. The summed E-state index contributed by atoms with van der Waals surface area (Å²) in [6, 6.07) is 14.0.